The highest BCUT2D eigenvalue weighted by molar-refractivity contribution is 7.71. The lowest BCUT2D eigenvalue weighted by molar-refractivity contribution is 0.309. The highest BCUT2D eigenvalue weighted by atomic mass is 32.1. The molecule has 0 aliphatic carbocycles. The van der Waals surface area contributed by atoms with Gasteiger partial charge >= 0.3 is 0 Å². The van der Waals surface area contributed by atoms with Crippen LogP contribution in [0, 0.1) is 4.77 Å². The van der Waals surface area contributed by atoms with Crippen LogP contribution in [0.5, 0.6) is 5.75 Å². The first kappa shape index (κ1) is 17.4. The molecule has 1 heterocycles. The van der Waals surface area contributed by atoms with E-state index in [1.165, 1.54) is 0 Å². The minimum atomic E-state index is 0.516. The molecule has 0 radical (unpaired) electrons. The van der Waals surface area contributed by atoms with Crippen LogP contribution in [0.15, 0.2) is 29.4 Å². The topological polar surface area (TPSA) is 55.2 Å². The number of aryl methyl sites for hydroxylation is 1. The minimum absolute atomic E-state index is 0.516. The first-order valence-electron chi connectivity index (χ1n) is 8.18. The number of rotatable bonds is 9. The number of hydrogen-bond acceptors (Lipinski definition) is 4. The number of aromatic nitrogens is 3. The van der Waals surface area contributed by atoms with Crippen LogP contribution in [0.3, 0.4) is 0 Å². The van der Waals surface area contributed by atoms with E-state index in [0.717, 1.165) is 55.8 Å². The molecule has 1 aromatic carbocycles. The van der Waals surface area contributed by atoms with Crippen molar-refractivity contribution in [2.24, 2.45) is 5.10 Å². The molecule has 1 aromatic heterocycles. The second-order valence-corrected chi connectivity index (χ2v) is 5.77. The standard InChI is InChI=1S/C17H24N4OS/c1-3-5-10-16-19-20-17(23)21(16)18-13-14-8-7-9-15(12-14)22-11-6-4-2/h7-9,12-13H,3-6,10-11H2,1-2H3,(H,20,23)/b18-13-. The summed E-state index contributed by atoms with van der Waals surface area (Å²) in [6.45, 7) is 5.04. The molecule has 0 fully saturated rings. The van der Waals surface area contributed by atoms with Crippen LogP contribution in [0.25, 0.3) is 0 Å². The van der Waals surface area contributed by atoms with E-state index in [1.807, 2.05) is 24.3 Å². The molecule has 0 atom stereocenters. The van der Waals surface area contributed by atoms with Crippen LogP contribution >= 0.6 is 12.2 Å². The van der Waals surface area contributed by atoms with E-state index in [9.17, 15) is 0 Å². The highest BCUT2D eigenvalue weighted by Crippen LogP contribution is 2.13. The SMILES string of the molecule is CCCCOc1cccc(/C=N\n2c(CCCC)n[nH]c2=S)c1. The Labute approximate surface area is 142 Å². The maximum atomic E-state index is 5.72. The van der Waals surface area contributed by atoms with E-state index in [1.54, 1.807) is 10.9 Å². The van der Waals surface area contributed by atoms with Gasteiger partial charge in [0.05, 0.1) is 12.8 Å². The van der Waals surface area contributed by atoms with Crippen molar-refractivity contribution in [2.75, 3.05) is 6.61 Å². The molecule has 124 valence electrons. The molecular weight excluding hydrogens is 308 g/mol. The van der Waals surface area contributed by atoms with Crippen molar-refractivity contribution in [1.82, 2.24) is 14.9 Å². The molecule has 2 aromatic rings. The Morgan fingerprint density at radius 1 is 1.30 bits per heavy atom. The van der Waals surface area contributed by atoms with Gasteiger partial charge in [0.2, 0.25) is 4.77 Å². The minimum Gasteiger partial charge on any atom is -0.494 e. The molecule has 0 unspecified atom stereocenters. The first-order valence-corrected chi connectivity index (χ1v) is 8.59. The quantitative estimate of drug-likeness (QED) is 0.422. The number of ether oxygens (including phenoxy) is 1. The molecule has 0 bridgehead atoms. The van der Waals surface area contributed by atoms with Crippen molar-refractivity contribution in [2.45, 2.75) is 46.0 Å². The van der Waals surface area contributed by atoms with Crippen LogP contribution in [0.4, 0.5) is 0 Å². The molecule has 0 spiro atoms. The van der Waals surface area contributed by atoms with Crippen molar-refractivity contribution < 1.29 is 4.74 Å². The van der Waals surface area contributed by atoms with E-state index in [0.29, 0.717) is 4.77 Å². The molecule has 0 amide bonds. The molecule has 0 aliphatic rings. The fraction of sp³-hybridized carbons (Fsp3) is 0.471. The lowest BCUT2D eigenvalue weighted by Gasteiger charge is -2.05. The number of unbranched alkanes of at least 4 members (excludes halogenated alkanes) is 2. The third-order valence-electron chi connectivity index (χ3n) is 3.42. The van der Waals surface area contributed by atoms with Gasteiger partial charge < -0.3 is 4.74 Å². The van der Waals surface area contributed by atoms with E-state index >= 15 is 0 Å². The Morgan fingerprint density at radius 3 is 2.91 bits per heavy atom. The Bertz CT molecular complexity index is 690. The third-order valence-corrected chi connectivity index (χ3v) is 3.68. The number of aromatic amines is 1. The lowest BCUT2D eigenvalue weighted by atomic mass is 10.2. The summed E-state index contributed by atoms with van der Waals surface area (Å²) in [5.74, 6) is 1.73. The molecule has 6 heteroatoms. The average molecular weight is 332 g/mol. The molecule has 23 heavy (non-hydrogen) atoms. The highest BCUT2D eigenvalue weighted by Gasteiger charge is 2.04. The number of benzene rings is 1. The Morgan fingerprint density at radius 2 is 2.13 bits per heavy atom. The van der Waals surface area contributed by atoms with Gasteiger partial charge in [0.25, 0.3) is 0 Å². The zero-order chi connectivity index (χ0) is 16.5. The van der Waals surface area contributed by atoms with Crippen LogP contribution in [0.2, 0.25) is 0 Å². The fourth-order valence-electron chi connectivity index (χ4n) is 2.08. The summed E-state index contributed by atoms with van der Waals surface area (Å²) >= 11 is 5.24. The van der Waals surface area contributed by atoms with Gasteiger partial charge in [0.15, 0.2) is 5.82 Å². The largest absolute Gasteiger partial charge is 0.494 e. The van der Waals surface area contributed by atoms with Crippen LogP contribution < -0.4 is 4.74 Å². The predicted molar refractivity (Wildman–Crippen MR) is 95.9 cm³/mol. The summed E-state index contributed by atoms with van der Waals surface area (Å²) in [5, 5.41) is 11.5. The zero-order valence-corrected chi connectivity index (χ0v) is 14.6. The van der Waals surface area contributed by atoms with Crippen LogP contribution in [-0.2, 0) is 6.42 Å². The van der Waals surface area contributed by atoms with E-state index < -0.39 is 0 Å². The molecule has 0 saturated carbocycles. The summed E-state index contributed by atoms with van der Waals surface area (Å²) in [7, 11) is 0. The van der Waals surface area contributed by atoms with Gasteiger partial charge in [0.1, 0.15) is 5.75 Å². The van der Waals surface area contributed by atoms with Crippen molar-refractivity contribution in [1.29, 1.82) is 0 Å². The summed E-state index contributed by atoms with van der Waals surface area (Å²) < 4.78 is 7.92. The predicted octanol–water partition coefficient (Wildman–Crippen LogP) is 4.34. The number of nitrogens with one attached hydrogen (secondary N) is 1. The summed E-state index contributed by atoms with van der Waals surface area (Å²) in [6, 6.07) is 7.90. The van der Waals surface area contributed by atoms with Gasteiger partial charge in [-0.1, -0.05) is 38.8 Å². The van der Waals surface area contributed by atoms with Gasteiger partial charge in [-0.15, -0.1) is 0 Å². The second kappa shape index (κ2) is 9.25. The van der Waals surface area contributed by atoms with E-state index in [4.69, 9.17) is 17.0 Å². The Hall–Kier alpha value is -1.95. The summed E-state index contributed by atoms with van der Waals surface area (Å²) in [6.07, 6.45) is 7.01. The number of nitrogens with zero attached hydrogens (tertiary/aromatic N) is 3. The monoisotopic (exact) mass is 332 g/mol. The molecule has 1 N–H and O–H groups in total. The van der Waals surface area contributed by atoms with Gasteiger partial charge in [-0.05, 0) is 42.8 Å². The number of H-pyrrole nitrogens is 1. The molecular formula is C17H24N4OS. The fourth-order valence-corrected chi connectivity index (χ4v) is 2.28. The molecule has 5 nitrogen and oxygen atoms in total. The Kier molecular flexibility index (Phi) is 7.00. The molecule has 2 rings (SSSR count). The Balaban J connectivity index is 2.09. The second-order valence-electron chi connectivity index (χ2n) is 5.38. The average Bonchev–Trinajstić information content (AvgIpc) is 2.91. The lowest BCUT2D eigenvalue weighted by Crippen LogP contribution is -2.00. The van der Waals surface area contributed by atoms with E-state index in [2.05, 4.69) is 29.1 Å². The maximum absolute atomic E-state index is 5.72. The van der Waals surface area contributed by atoms with Gasteiger partial charge in [0, 0.05) is 6.42 Å². The zero-order valence-electron chi connectivity index (χ0n) is 13.8. The van der Waals surface area contributed by atoms with Gasteiger partial charge in [-0.25, -0.2) is 0 Å². The van der Waals surface area contributed by atoms with Crippen molar-refractivity contribution in [3.8, 4) is 5.75 Å². The van der Waals surface area contributed by atoms with Gasteiger partial charge in [-0.2, -0.15) is 14.9 Å². The molecule has 0 aliphatic heterocycles. The van der Waals surface area contributed by atoms with Crippen molar-refractivity contribution >= 4 is 18.4 Å². The third kappa shape index (κ3) is 5.32. The maximum Gasteiger partial charge on any atom is 0.216 e. The summed E-state index contributed by atoms with van der Waals surface area (Å²) in [4.78, 5) is 0. The van der Waals surface area contributed by atoms with Crippen molar-refractivity contribution in [3.63, 3.8) is 0 Å². The number of hydrogen-bond donors (Lipinski definition) is 1. The molecule has 0 saturated heterocycles. The van der Waals surface area contributed by atoms with Crippen molar-refractivity contribution in [3.05, 3.63) is 40.4 Å². The normalized spacial score (nSPS) is 11.2. The van der Waals surface area contributed by atoms with Crippen LogP contribution in [0.1, 0.15) is 50.9 Å². The first-order chi connectivity index (χ1) is 11.2. The van der Waals surface area contributed by atoms with Crippen LogP contribution in [-0.4, -0.2) is 27.7 Å². The van der Waals surface area contributed by atoms with E-state index in [-0.39, 0.29) is 0 Å². The smallest absolute Gasteiger partial charge is 0.216 e. The van der Waals surface area contributed by atoms with Gasteiger partial charge in [-0.3, -0.25) is 5.10 Å². The summed E-state index contributed by atoms with van der Waals surface area (Å²) in [5.41, 5.74) is 0.975.